The van der Waals surface area contributed by atoms with Crippen molar-refractivity contribution in [1.29, 1.82) is 0 Å². The Morgan fingerprint density at radius 1 is 1.59 bits per heavy atom. The first-order valence-electron chi connectivity index (χ1n) is 5.16. The number of rotatable bonds is 5. The maximum Gasteiger partial charge on any atom is 0.330 e. The van der Waals surface area contributed by atoms with E-state index in [1.54, 1.807) is 25.1 Å². The molecule has 0 aliphatic rings. The van der Waals surface area contributed by atoms with Crippen LogP contribution >= 0.6 is 15.9 Å². The van der Waals surface area contributed by atoms with E-state index in [2.05, 4.69) is 21.2 Å². The molecule has 1 N–H and O–H groups in total. The minimum absolute atomic E-state index is 0.343. The van der Waals surface area contributed by atoms with E-state index in [4.69, 9.17) is 4.74 Å². The van der Waals surface area contributed by atoms with E-state index in [1.165, 1.54) is 12.1 Å². The lowest BCUT2D eigenvalue weighted by Crippen LogP contribution is -2.04. The smallest absolute Gasteiger partial charge is 0.330 e. The van der Waals surface area contributed by atoms with Gasteiger partial charge in [0.15, 0.2) is 0 Å². The van der Waals surface area contributed by atoms with Crippen molar-refractivity contribution >= 4 is 27.6 Å². The maximum absolute atomic E-state index is 13.3. The van der Waals surface area contributed by atoms with Gasteiger partial charge in [-0.1, -0.05) is 12.1 Å². The standard InChI is InChI=1S/C12H13BrFNO2/c1-2-17-11(16)7-4-8-15-12-9(13)5-3-6-10(12)14/h3-7,15H,2,8H2,1H3/b7-4+. The maximum atomic E-state index is 13.3. The molecule has 1 rings (SSSR count). The second-order valence-corrected chi connectivity index (χ2v) is 3.99. The van der Waals surface area contributed by atoms with Crippen molar-refractivity contribution in [2.45, 2.75) is 6.92 Å². The van der Waals surface area contributed by atoms with Gasteiger partial charge in [-0.2, -0.15) is 0 Å². The van der Waals surface area contributed by atoms with Crippen LogP contribution in [0, 0.1) is 5.82 Å². The highest BCUT2D eigenvalue weighted by atomic mass is 79.9. The molecule has 0 heterocycles. The molecule has 0 saturated heterocycles. The number of ether oxygens (including phenoxy) is 1. The zero-order chi connectivity index (χ0) is 12.7. The summed E-state index contributed by atoms with van der Waals surface area (Å²) in [6, 6.07) is 4.71. The first-order valence-corrected chi connectivity index (χ1v) is 5.95. The molecule has 3 nitrogen and oxygen atoms in total. The molecule has 0 atom stereocenters. The Balaban J connectivity index is 2.49. The van der Waals surface area contributed by atoms with Crippen molar-refractivity contribution in [3.05, 3.63) is 40.6 Å². The second-order valence-electron chi connectivity index (χ2n) is 3.13. The van der Waals surface area contributed by atoms with Crippen molar-refractivity contribution in [3.8, 4) is 0 Å². The number of anilines is 1. The van der Waals surface area contributed by atoms with Crippen LogP contribution in [0.15, 0.2) is 34.8 Å². The van der Waals surface area contributed by atoms with Gasteiger partial charge >= 0.3 is 5.97 Å². The van der Waals surface area contributed by atoms with E-state index in [0.717, 1.165) is 0 Å². The molecule has 92 valence electrons. The molecule has 0 saturated carbocycles. The van der Waals surface area contributed by atoms with Crippen molar-refractivity contribution in [3.63, 3.8) is 0 Å². The summed E-state index contributed by atoms with van der Waals surface area (Å²) >= 11 is 3.23. The summed E-state index contributed by atoms with van der Waals surface area (Å²) in [5, 5.41) is 2.86. The lowest BCUT2D eigenvalue weighted by Gasteiger charge is -2.06. The zero-order valence-electron chi connectivity index (χ0n) is 9.37. The molecule has 0 aliphatic heterocycles. The second kappa shape index (κ2) is 7.06. The Bertz CT molecular complexity index is 401. The van der Waals surface area contributed by atoms with Gasteiger partial charge in [0.05, 0.1) is 12.3 Å². The summed E-state index contributed by atoms with van der Waals surface area (Å²) in [7, 11) is 0. The zero-order valence-corrected chi connectivity index (χ0v) is 11.0. The van der Waals surface area contributed by atoms with Gasteiger partial charge in [0, 0.05) is 17.1 Å². The van der Waals surface area contributed by atoms with Gasteiger partial charge in [-0.15, -0.1) is 0 Å². The SMILES string of the molecule is CCOC(=O)/C=C/CNc1c(F)cccc1Br. The molecule has 0 bridgehead atoms. The third kappa shape index (κ3) is 4.56. The quantitative estimate of drug-likeness (QED) is 0.671. The first-order chi connectivity index (χ1) is 8.15. The van der Waals surface area contributed by atoms with Gasteiger partial charge in [0.2, 0.25) is 0 Å². The van der Waals surface area contributed by atoms with Gasteiger partial charge in [-0.25, -0.2) is 9.18 Å². The molecule has 0 spiro atoms. The van der Waals surface area contributed by atoms with Crippen molar-refractivity contribution in [1.82, 2.24) is 0 Å². The van der Waals surface area contributed by atoms with E-state index in [9.17, 15) is 9.18 Å². The van der Waals surface area contributed by atoms with Crippen molar-refractivity contribution in [2.75, 3.05) is 18.5 Å². The number of para-hydroxylation sites is 1. The van der Waals surface area contributed by atoms with Crippen LogP contribution in [0.1, 0.15) is 6.92 Å². The Hall–Kier alpha value is -1.36. The van der Waals surface area contributed by atoms with Crippen molar-refractivity contribution < 1.29 is 13.9 Å². The average Bonchev–Trinajstić information content (AvgIpc) is 2.28. The molecule has 5 heteroatoms. The van der Waals surface area contributed by atoms with E-state index in [0.29, 0.717) is 23.3 Å². The fourth-order valence-electron chi connectivity index (χ4n) is 1.17. The van der Waals surface area contributed by atoms with E-state index >= 15 is 0 Å². The lowest BCUT2D eigenvalue weighted by atomic mass is 10.3. The molecule has 0 fully saturated rings. The van der Waals surface area contributed by atoms with Crippen molar-refractivity contribution in [2.24, 2.45) is 0 Å². The highest BCUT2D eigenvalue weighted by molar-refractivity contribution is 9.10. The monoisotopic (exact) mass is 301 g/mol. The van der Waals surface area contributed by atoms with Crippen LogP contribution in [-0.4, -0.2) is 19.1 Å². The number of nitrogens with one attached hydrogen (secondary N) is 1. The number of esters is 1. The molecule has 1 aromatic rings. The number of halogens is 2. The Morgan fingerprint density at radius 3 is 3.00 bits per heavy atom. The third-order valence-corrected chi connectivity index (χ3v) is 2.56. The summed E-state index contributed by atoms with van der Waals surface area (Å²) in [6.45, 7) is 2.42. The summed E-state index contributed by atoms with van der Waals surface area (Å²) in [4.78, 5) is 11.0. The fourth-order valence-corrected chi connectivity index (χ4v) is 1.66. The molecule has 0 aliphatic carbocycles. The predicted octanol–water partition coefficient (Wildman–Crippen LogP) is 3.12. The predicted molar refractivity (Wildman–Crippen MR) is 68.4 cm³/mol. The molecule has 0 aromatic heterocycles. The molecule has 0 amide bonds. The van der Waals surface area contributed by atoms with Crippen LogP contribution in [0.3, 0.4) is 0 Å². The average molecular weight is 302 g/mol. The normalized spacial score (nSPS) is 10.5. The van der Waals surface area contributed by atoms with Crippen LogP contribution in [0.4, 0.5) is 10.1 Å². The van der Waals surface area contributed by atoms with Crippen LogP contribution < -0.4 is 5.32 Å². The minimum atomic E-state index is -0.401. The lowest BCUT2D eigenvalue weighted by molar-refractivity contribution is -0.137. The summed E-state index contributed by atoms with van der Waals surface area (Å²) < 4.78 is 18.7. The highest BCUT2D eigenvalue weighted by Crippen LogP contribution is 2.24. The fraction of sp³-hybridized carbons (Fsp3) is 0.250. The van der Waals surface area contributed by atoms with Crippen LogP contribution in [0.2, 0.25) is 0 Å². The van der Waals surface area contributed by atoms with Crippen LogP contribution in [-0.2, 0) is 9.53 Å². The molecular weight excluding hydrogens is 289 g/mol. The molecule has 17 heavy (non-hydrogen) atoms. The van der Waals surface area contributed by atoms with Gasteiger partial charge in [-0.3, -0.25) is 0 Å². The number of carbonyl (C=O) groups excluding carboxylic acids is 1. The highest BCUT2D eigenvalue weighted by Gasteiger charge is 2.04. The molecular formula is C12H13BrFNO2. The number of carbonyl (C=O) groups is 1. The third-order valence-electron chi connectivity index (χ3n) is 1.90. The molecule has 0 unspecified atom stereocenters. The topological polar surface area (TPSA) is 38.3 Å². The molecule has 1 aromatic carbocycles. The number of hydrogen-bond acceptors (Lipinski definition) is 3. The largest absolute Gasteiger partial charge is 0.463 e. The Morgan fingerprint density at radius 2 is 2.35 bits per heavy atom. The van der Waals surface area contributed by atoms with Gasteiger partial charge in [0.1, 0.15) is 5.82 Å². The van der Waals surface area contributed by atoms with Crippen LogP contribution in [0.25, 0.3) is 0 Å². The first kappa shape index (κ1) is 13.7. The summed E-state index contributed by atoms with van der Waals surface area (Å²) in [5.74, 6) is -0.745. The van der Waals surface area contributed by atoms with Gasteiger partial charge < -0.3 is 10.1 Å². The Kier molecular flexibility index (Phi) is 5.69. The molecule has 0 radical (unpaired) electrons. The summed E-state index contributed by atoms with van der Waals surface area (Å²) in [5.41, 5.74) is 0.376. The van der Waals surface area contributed by atoms with Gasteiger partial charge in [0.25, 0.3) is 0 Å². The van der Waals surface area contributed by atoms with E-state index in [1.807, 2.05) is 0 Å². The van der Waals surface area contributed by atoms with Crippen LogP contribution in [0.5, 0.6) is 0 Å². The Labute approximate surface area is 108 Å². The van der Waals surface area contributed by atoms with Gasteiger partial charge in [-0.05, 0) is 35.0 Å². The number of benzene rings is 1. The van der Waals surface area contributed by atoms with E-state index < -0.39 is 5.97 Å². The summed E-state index contributed by atoms with van der Waals surface area (Å²) in [6.07, 6.45) is 2.89. The van der Waals surface area contributed by atoms with E-state index in [-0.39, 0.29) is 5.82 Å². The minimum Gasteiger partial charge on any atom is -0.463 e. The number of hydrogen-bond donors (Lipinski definition) is 1.